The van der Waals surface area contributed by atoms with Crippen LogP contribution in [0.5, 0.6) is 0 Å². The van der Waals surface area contributed by atoms with Crippen LogP contribution >= 0.6 is 0 Å². The fourth-order valence-corrected chi connectivity index (χ4v) is 2.13. The third-order valence-corrected chi connectivity index (χ3v) is 3.10. The van der Waals surface area contributed by atoms with E-state index in [4.69, 9.17) is 0 Å². The molecule has 2 aromatic carbocycles. The molecule has 0 aliphatic rings. The highest BCUT2D eigenvalue weighted by Gasteiger charge is 2.03. The second kappa shape index (κ2) is 7.55. The molecule has 1 radical (unpaired) electrons. The predicted molar refractivity (Wildman–Crippen MR) is 82.1 cm³/mol. The molecular formula is C18H20N. The Morgan fingerprint density at radius 1 is 0.895 bits per heavy atom. The average molecular weight is 250 g/mol. The molecule has 0 atom stereocenters. The second-order valence-electron chi connectivity index (χ2n) is 4.53. The smallest absolute Gasteiger partial charge is 0.0133 e. The normalized spacial score (nSPS) is 10.2. The van der Waals surface area contributed by atoms with E-state index in [0.29, 0.717) is 0 Å². The quantitative estimate of drug-likeness (QED) is 0.684. The van der Waals surface area contributed by atoms with E-state index in [0.717, 1.165) is 19.4 Å². The minimum absolute atomic E-state index is 0.938. The van der Waals surface area contributed by atoms with Crippen LogP contribution in [0.4, 0.5) is 0 Å². The number of unbranched alkanes of at least 4 members (excludes halogenated alkanes) is 1. The van der Waals surface area contributed by atoms with Crippen molar-refractivity contribution in [1.29, 1.82) is 0 Å². The van der Waals surface area contributed by atoms with Crippen LogP contribution in [-0.2, 0) is 0 Å². The van der Waals surface area contributed by atoms with Crippen LogP contribution in [0.25, 0.3) is 5.57 Å². The molecule has 0 aliphatic carbocycles. The highest BCUT2D eigenvalue weighted by atomic mass is 14.8. The molecule has 19 heavy (non-hydrogen) atoms. The van der Waals surface area contributed by atoms with Gasteiger partial charge in [0.05, 0.1) is 0 Å². The lowest BCUT2D eigenvalue weighted by Gasteiger charge is -2.08. The summed E-state index contributed by atoms with van der Waals surface area (Å²) in [7, 11) is 1.87. The Kier molecular flexibility index (Phi) is 5.39. The molecule has 0 amide bonds. The van der Waals surface area contributed by atoms with E-state index in [1.807, 2.05) is 7.05 Å². The molecule has 0 aromatic heterocycles. The van der Waals surface area contributed by atoms with Crippen LogP contribution in [0.1, 0.15) is 24.0 Å². The summed E-state index contributed by atoms with van der Waals surface area (Å²) in [5, 5.41) is 4.15. The Morgan fingerprint density at radius 3 is 1.89 bits per heavy atom. The summed E-state index contributed by atoms with van der Waals surface area (Å²) in [5.41, 5.74) is 3.88. The van der Waals surface area contributed by atoms with Crippen molar-refractivity contribution in [3.05, 3.63) is 77.9 Å². The molecule has 0 saturated heterocycles. The number of nitrogens with zero attached hydrogens (tertiary/aromatic N) is 1. The van der Waals surface area contributed by atoms with Crippen molar-refractivity contribution >= 4 is 5.57 Å². The second-order valence-corrected chi connectivity index (χ2v) is 4.53. The summed E-state index contributed by atoms with van der Waals surface area (Å²) in [6.07, 6.45) is 4.51. The lowest BCUT2D eigenvalue weighted by Crippen LogP contribution is -1.98. The largest absolute Gasteiger partial charge is 0.245 e. The van der Waals surface area contributed by atoms with E-state index >= 15 is 0 Å². The summed E-state index contributed by atoms with van der Waals surface area (Å²) in [4.78, 5) is 0. The maximum atomic E-state index is 4.15. The van der Waals surface area contributed by atoms with Gasteiger partial charge in [-0.3, -0.25) is 0 Å². The van der Waals surface area contributed by atoms with Crippen molar-refractivity contribution in [2.24, 2.45) is 0 Å². The van der Waals surface area contributed by atoms with Gasteiger partial charge in [-0.15, -0.1) is 0 Å². The number of rotatable bonds is 6. The third kappa shape index (κ3) is 4.08. The van der Waals surface area contributed by atoms with Gasteiger partial charge in [0.2, 0.25) is 0 Å². The Bertz CT molecular complexity index is 458. The highest BCUT2D eigenvalue weighted by Crippen LogP contribution is 2.23. The topological polar surface area (TPSA) is 14.1 Å². The highest BCUT2D eigenvalue weighted by molar-refractivity contribution is 5.79. The predicted octanol–water partition coefficient (Wildman–Crippen LogP) is 4.13. The van der Waals surface area contributed by atoms with Gasteiger partial charge in [0, 0.05) is 13.6 Å². The zero-order valence-electron chi connectivity index (χ0n) is 11.4. The van der Waals surface area contributed by atoms with Gasteiger partial charge in [-0.2, -0.15) is 0 Å². The van der Waals surface area contributed by atoms with Crippen molar-refractivity contribution in [3.8, 4) is 0 Å². The number of hydrogen-bond donors (Lipinski definition) is 0. The third-order valence-electron chi connectivity index (χ3n) is 3.10. The molecule has 0 saturated carbocycles. The van der Waals surface area contributed by atoms with E-state index in [1.54, 1.807) is 0 Å². The van der Waals surface area contributed by atoms with Gasteiger partial charge in [-0.1, -0.05) is 66.7 Å². The Balaban J connectivity index is 2.24. The van der Waals surface area contributed by atoms with Crippen LogP contribution in [-0.4, -0.2) is 13.6 Å². The Hall–Kier alpha value is -1.86. The molecule has 97 valence electrons. The van der Waals surface area contributed by atoms with Gasteiger partial charge in [0.15, 0.2) is 0 Å². The summed E-state index contributed by atoms with van der Waals surface area (Å²) < 4.78 is 0. The van der Waals surface area contributed by atoms with Gasteiger partial charge in [0.1, 0.15) is 0 Å². The Morgan fingerprint density at radius 2 is 1.42 bits per heavy atom. The van der Waals surface area contributed by atoms with Crippen LogP contribution in [0.2, 0.25) is 0 Å². The molecule has 0 bridgehead atoms. The van der Waals surface area contributed by atoms with Crippen molar-refractivity contribution in [2.75, 3.05) is 13.6 Å². The van der Waals surface area contributed by atoms with E-state index in [1.165, 1.54) is 16.7 Å². The van der Waals surface area contributed by atoms with Gasteiger partial charge in [-0.25, -0.2) is 5.32 Å². The van der Waals surface area contributed by atoms with Crippen LogP contribution in [0.15, 0.2) is 66.7 Å². The summed E-state index contributed by atoms with van der Waals surface area (Å²) in [6, 6.07) is 21.2. The molecule has 0 fully saturated rings. The first-order valence-corrected chi connectivity index (χ1v) is 6.78. The standard InChI is InChI=1S/C18H20N/c1-19-15-9-8-14-18(16-10-4-2-5-11-16)17-12-6-3-7-13-17/h2-7,10-14H,8-9,15H2,1H3. The van der Waals surface area contributed by atoms with Crippen molar-refractivity contribution in [3.63, 3.8) is 0 Å². The first-order chi connectivity index (χ1) is 9.42. The maximum Gasteiger partial charge on any atom is 0.0133 e. The molecule has 2 aromatic rings. The van der Waals surface area contributed by atoms with E-state index < -0.39 is 0 Å². The van der Waals surface area contributed by atoms with E-state index in [-0.39, 0.29) is 0 Å². The minimum Gasteiger partial charge on any atom is -0.245 e. The van der Waals surface area contributed by atoms with E-state index in [9.17, 15) is 0 Å². The fourth-order valence-electron chi connectivity index (χ4n) is 2.13. The lowest BCUT2D eigenvalue weighted by atomic mass is 9.96. The van der Waals surface area contributed by atoms with Crippen LogP contribution < -0.4 is 5.32 Å². The average Bonchev–Trinajstić information content (AvgIpc) is 2.49. The summed E-state index contributed by atoms with van der Waals surface area (Å²) in [5.74, 6) is 0. The van der Waals surface area contributed by atoms with Crippen LogP contribution in [0, 0.1) is 0 Å². The first kappa shape index (κ1) is 13.6. The molecule has 1 nitrogen and oxygen atoms in total. The Labute approximate surface area is 116 Å². The summed E-state index contributed by atoms with van der Waals surface area (Å²) >= 11 is 0. The van der Waals surface area contributed by atoms with Crippen molar-refractivity contribution in [1.82, 2.24) is 5.32 Å². The molecule has 0 spiro atoms. The molecule has 0 unspecified atom stereocenters. The fraction of sp³-hybridized carbons (Fsp3) is 0.222. The number of allylic oxidation sites excluding steroid dienone is 1. The van der Waals surface area contributed by atoms with Gasteiger partial charge >= 0.3 is 0 Å². The van der Waals surface area contributed by atoms with Gasteiger partial charge < -0.3 is 0 Å². The van der Waals surface area contributed by atoms with Gasteiger partial charge in [0.25, 0.3) is 0 Å². The first-order valence-electron chi connectivity index (χ1n) is 6.78. The molecule has 2 rings (SSSR count). The number of hydrogen-bond acceptors (Lipinski definition) is 0. The molecule has 0 aliphatic heterocycles. The zero-order valence-corrected chi connectivity index (χ0v) is 11.4. The number of benzene rings is 2. The summed E-state index contributed by atoms with van der Waals surface area (Å²) in [6.45, 7) is 0.938. The minimum atomic E-state index is 0.938. The maximum absolute atomic E-state index is 4.15. The van der Waals surface area contributed by atoms with Crippen LogP contribution in [0.3, 0.4) is 0 Å². The van der Waals surface area contributed by atoms with Gasteiger partial charge in [-0.05, 0) is 29.5 Å². The van der Waals surface area contributed by atoms with Crippen molar-refractivity contribution in [2.45, 2.75) is 12.8 Å². The molecule has 0 N–H and O–H groups in total. The molecule has 0 heterocycles. The monoisotopic (exact) mass is 250 g/mol. The lowest BCUT2D eigenvalue weighted by molar-refractivity contribution is 0.724. The zero-order chi connectivity index (χ0) is 13.3. The SMILES string of the molecule is C[N]CCCC=C(c1ccccc1)c1ccccc1. The molecular weight excluding hydrogens is 230 g/mol. The van der Waals surface area contributed by atoms with E-state index in [2.05, 4.69) is 72.1 Å². The van der Waals surface area contributed by atoms with Crippen molar-refractivity contribution < 1.29 is 0 Å². The molecule has 1 heteroatoms.